The number of halogens is 1. The first kappa shape index (κ1) is 33.5. The number of nitrogens with zero attached hydrogens (tertiary/aromatic N) is 1. The van der Waals surface area contributed by atoms with E-state index in [9.17, 15) is 14.4 Å². The average molecular weight is 590 g/mol. The van der Waals surface area contributed by atoms with E-state index in [1.807, 2.05) is 71.2 Å². The molecule has 0 aromatic heterocycles. The van der Waals surface area contributed by atoms with Gasteiger partial charge in [0, 0.05) is 6.04 Å². The van der Waals surface area contributed by atoms with Gasteiger partial charge in [-0.05, 0) is 102 Å². The van der Waals surface area contributed by atoms with Crippen molar-refractivity contribution in [2.24, 2.45) is 0 Å². The Morgan fingerprint density at radius 2 is 1.73 bits per heavy atom. The first-order chi connectivity index (χ1) is 18.7. The van der Waals surface area contributed by atoms with Crippen molar-refractivity contribution in [2.45, 2.75) is 92.0 Å². The van der Waals surface area contributed by atoms with Crippen LogP contribution in [0.3, 0.4) is 0 Å². The van der Waals surface area contributed by atoms with Crippen molar-refractivity contribution in [3.8, 4) is 0 Å². The molecule has 220 valence electrons. The summed E-state index contributed by atoms with van der Waals surface area (Å²) in [5, 5.41) is 6.20. The van der Waals surface area contributed by atoms with E-state index < -0.39 is 23.8 Å². The van der Waals surface area contributed by atoms with Crippen molar-refractivity contribution in [2.75, 3.05) is 17.3 Å². The van der Waals surface area contributed by atoms with Crippen LogP contribution in [-0.4, -0.2) is 52.5 Å². The van der Waals surface area contributed by atoms with E-state index in [1.54, 1.807) is 43.5 Å². The molecule has 3 atom stereocenters. The maximum absolute atomic E-state index is 14.3. The summed E-state index contributed by atoms with van der Waals surface area (Å²) < 4.78 is 5.47. The predicted octanol–water partition coefficient (Wildman–Crippen LogP) is 7.22. The van der Waals surface area contributed by atoms with Gasteiger partial charge in [0.15, 0.2) is 0 Å². The number of rotatable bonds is 11. The van der Waals surface area contributed by atoms with Crippen LogP contribution in [0.5, 0.6) is 0 Å². The zero-order valence-electron chi connectivity index (χ0n) is 25.2. The van der Waals surface area contributed by atoms with Gasteiger partial charge < -0.3 is 20.3 Å². The Balaban J connectivity index is 2.63. The minimum absolute atomic E-state index is 0.311. The van der Waals surface area contributed by atoms with Crippen LogP contribution in [-0.2, 0) is 14.3 Å². The molecule has 0 heterocycles. The van der Waals surface area contributed by atoms with E-state index in [-0.39, 0.29) is 17.9 Å². The number of ether oxygens (including phenoxy) is 1. The molecule has 0 bridgehead atoms. The monoisotopic (exact) mass is 589 g/mol. The summed E-state index contributed by atoms with van der Waals surface area (Å²) in [6.07, 6.45) is 2.26. The number of para-hydroxylation sites is 1. The van der Waals surface area contributed by atoms with Gasteiger partial charge in [0.2, 0.25) is 5.91 Å². The molecular weight excluding hydrogens is 546 g/mol. The number of hydrogen-bond acceptors (Lipinski definition) is 5. The highest BCUT2D eigenvalue weighted by molar-refractivity contribution is 7.98. The van der Waals surface area contributed by atoms with Gasteiger partial charge >= 0.3 is 6.09 Å². The Kier molecular flexibility index (Phi) is 12.4. The Morgan fingerprint density at radius 1 is 1.05 bits per heavy atom. The second kappa shape index (κ2) is 14.8. The third-order valence-corrected chi connectivity index (χ3v) is 7.72. The summed E-state index contributed by atoms with van der Waals surface area (Å²) in [5.41, 5.74) is 3.36. The van der Waals surface area contributed by atoms with E-state index in [2.05, 4.69) is 10.6 Å². The molecule has 0 fully saturated rings. The molecule has 9 heteroatoms. The van der Waals surface area contributed by atoms with Crippen LogP contribution in [0.1, 0.15) is 75.8 Å². The maximum Gasteiger partial charge on any atom is 0.408 e. The number of thioether (sulfide) groups is 1. The molecule has 0 radical (unpaired) electrons. The van der Waals surface area contributed by atoms with Crippen molar-refractivity contribution < 1.29 is 19.1 Å². The fraction of sp³-hybridized carbons (Fsp3) is 0.516. The molecule has 0 spiro atoms. The van der Waals surface area contributed by atoms with Crippen LogP contribution in [0, 0.1) is 20.8 Å². The summed E-state index contributed by atoms with van der Waals surface area (Å²) >= 11 is 8.04. The number of carbonyl (C=O) groups is 3. The van der Waals surface area contributed by atoms with E-state index in [0.29, 0.717) is 34.9 Å². The van der Waals surface area contributed by atoms with Crippen molar-refractivity contribution in [3.05, 3.63) is 63.7 Å². The number of aryl methyl sites for hydroxylation is 3. The quantitative estimate of drug-likeness (QED) is 0.289. The second-order valence-electron chi connectivity index (χ2n) is 11.2. The lowest BCUT2D eigenvalue weighted by atomic mass is 9.96. The molecule has 2 rings (SSSR count). The zero-order chi connectivity index (χ0) is 30.2. The highest BCUT2D eigenvalue weighted by Crippen LogP contribution is 2.32. The summed E-state index contributed by atoms with van der Waals surface area (Å²) in [4.78, 5) is 42.9. The normalized spacial score (nSPS) is 13.7. The number of hydrogen-bond donors (Lipinski definition) is 2. The van der Waals surface area contributed by atoms with Crippen molar-refractivity contribution in [3.63, 3.8) is 0 Å². The number of nitrogens with one attached hydrogen (secondary N) is 2. The van der Waals surface area contributed by atoms with Crippen LogP contribution in [0.15, 0.2) is 36.4 Å². The maximum atomic E-state index is 14.3. The Hall–Kier alpha value is -2.71. The smallest absolute Gasteiger partial charge is 0.408 e. The van der Waals surface area contributed by atoms with Crippen molar-refractivity contribution >= 4 is 47.0 Å². The molecule has 3 amide bonds. The first-order valence-corrected chi connectivity index (χ1v) is 15.4. The molecule has 0 aliphatic heterocycles. The standard InChI is InChI=1S/C31H44ClN3O4S/c1-10-22(5)35(29(37)25(16-17-40-9)33-30(38)39-31(6,7)8)27(23-15-14-19(2)21(4)18-23)28(36)34-26-20(3)12-11-13-24(26)32/h11-15,18,22,25,27H,10,16-17H2,1-9H3,(H,33,38)(H,34,36). The van der Waals surface area contributed by atoms with Gasteiger partial charge in [0.25, 0.3) is 5.91 Å². The van der Waals surface area contributed by atoms with E-state index in [0.717, 1.165) is 16.7 Å². The zero-order valence-corrected chi connectivity index (χ0v) is 26.8. The third kappa shape index (κ3) is 9.16. The number of carbonyl (C=O) groups excluding carboxylic acids is 3. The molecule has 7 nitrogen and oxygen atoms in total. The van der Waals surface area contributed by atoms with Crippen LogP contribution in [0.25, 0.3) is 0 Å². The van der Waals surface area contributed by atoms with Gasteiger partial charge in [-0.2, -0.15) is 11.8 Å². The number of amides is 3. The molecule has 0 saturated heterocycles. The fourth-order valence-corrected chi connectivity index (χ4v) is 5.01. The Bertz CT molecular complexity index is 1180. The molecule has 2 aromatic rings. The molecular formula is C31H44ClN3O4S. The highest BCUT2D eigenvalue weighted by Gasteiger charge is 2.38. The van der Waals surface area contributed by atoms with Crippen molar-refractivity contribution in [1.82, 2.24) is 10.2 Å². The number of alkyl carbamates (subject to hydrolysis) is 1. The van der Waals surface area contributed by atoms with Gasteiger partial charge in [-0.25, -0.2) is 4.79 Å². The lowest BCUT2D eigenvalue weighted by molar-refractivity contribution is -0.143. The predicted molar refractivity (Wildman–Crippen MR) is 166 cm³/mol. The van der Waals surface area contributed by atoms with Gasteiger partial charge in [0.1, 0.15) is 17.7 Å². The highest BCUT2D eigenvalue weighted by atomic mass is 35.5. The van der Waals surface area contributed by atoms with Gasteiger partial charge in [-0.1, -0.05) is 48.9 Å². The lowest BCUT2D eigenvalue weighted by Crippen LogP contribution is -2.55. The summed E-state index contributed by atoms with van der Waals surface area (Å²) in [7, 11) is 0. The number of benzene rings is 2. The average Bonchev–Trinajstić information content (AvgIpc) is 2.87. The molecule has 0 aliphatic carbocycles. The molecule has 0 aliphatic rings. The third-order valence-electron chi connectivity index (χ3n) is 6.76. The molecule has 0 saturated carbocycles. The lowest BCUT2D eigenvalue weighted by Gasteiger charge is -2.38. The minimum atomic E-state index is -0.963. The minimum Gasteiger partial charge on any atom is -0.444 e. The number of anilines is 1. The second-order valence-corrected chi connectivity index (χ2v) is 12.5. The van der Waals surface area contributed by atoms with E-state index in [1.165, 1.54) is 0 Å². The molecule has 3 unspecified atom stereocenters. The first-order valence-electron chi connectivity index (χ1n) is 13.6. The fourth-order valence-electron chi connectivity index (χ4n) is 4.27. The van der Waals surface area contributed by atoms with E-state index >= 15 is 0 Å². The van der Waals surface area contributed by atoms with Crippen LogP contribution in [0.4, 0.5) is 10.5 Å². The van der Waals surface area contributed by atoms with Crippen LogP contribution >= 0.6 is 23.4 Å². The van der Waals surface area contributed by atoms with Crippen LogP contribution in [0.2, 0.25) is 5.02 Å². The van der Waals surface area contributed by atoms with Crippen LogP contribution < -0.4 is 10.6 Å². The van der Waals surface area contributed by atoms with Crippen molar-refractivity contribution in [1.29, 1.82) is 0 Å². The van der Waals surface area contributed by atoms with E-state index in [4.69, 9.17) is 16.3 Å². The largest absolute Gasteiger partial charge is 0.444 e. The molecule has 40 heavy (non-hydrogen) atoms. The SMILES string of the molecule is CCC(C)N(C(=O)C(CCSC)NC(=O)OC(C)(C)C)C(C(=O)Nc1c(C)cccc1Cl)c1ccc(C)c(C)c1. The summed E-state index contributed by atoms with van der Waals surface area (Å²) in [6.45, 7) is 15.0. The molecule has 2 aromatic carbocycles. The van der Waals surface area contributed by atoms with Gasteiger partial charge in [0.05, 0.1) is 10.7 Å². The summed E-state index contributed by atoms with van der Waals surface area (Å²) in [5.74, 6) is -0.0858. The Morgan fingerprint density at radius 3 is 2.27 bits per heavy atom. The Labute approximate surface area is 248 Å². The topological polar surface area (TPSA) is 87.7 Å². The van der Waals surface area contributed by atoms with Gasteiger partial charge in [-0.3, -0.25) is 9.59 Å². The van der Waals surface area contributed by atoms with Gasteiger partial charge in [-0.15, -0.1) is 0 Å². The summed E-state index contributed by atoms with van der Waals surface area (Å²) in [6, 6.07) is 9.04. The molecule has 2 N–H and O–H groups in total.